The first-order valence-electron chi connectivity index (χ1n) is 11.7. The summed E-state index contributed by atoms with van der Waals surface area (Å²) in [7, 11) is 0. The van der Waals surface area contributed by atoms with E-state index in [1.54, 1.807) is 12.1 Å². The number of unbranched alkanes of at least 4 members (excludes halogenated alkanes) is 1. The average Bonchev–Trinajstić information content (AvgIpc) is 3.45. The van der Waals surface area contributed by atoms with E-state index in [2.05, 4.69) is 0 Å². The summed E-state index contributed by atoms with van der Waals surface area (Å²) in [5, 5.41) is 10.4. The van der Waals surface area contributed by atoms with Crippen LogP contribution < -0.4 is 0 Å². The van der Waals surface area contributed by atoms with E-state index in [0.29, 0.717) is 45.6 Å². The SMILES string of the molecule is O=C(O)c1ccc(CCCCN2C(=O)C(=Cc3cc(-c4cc(C(F)(F)F)cc(C(F)(F)F)c4)cs3)SC2=S)cc1. The Hall–Kier alpha value is -3.16. The van der Waals surface area contributed by atoms with Gasteiger partial charge in [0, 0.05) is 11.4 Å². The molecule has 0 spiro atoms. The fourth-order valence-electron chi connectivity index (χ4n) is 3.94. The molecule has 4 nitrogen and oxygen atoms in total. The molecule has 2 aromatic carbocycles. The highest BCUT2D eigenvalue weighted by molar-refractivity contribution is 8.26. The second kappa shape index (κ2) is 11.8. The molecule has 0 radical (unpaired) electrons. The fraction of sp³-hybridized carbons (Fsp3) is 0.222. The minimum absolute atomic E-state index is 0.0805. The number of thioether (sulfide) groups is 1. The number of halogens is 6. The number of hydrogen-bond acceptors (Lipinski definition) is 5. The smallest absolute Gasteiger partial charge is 0.416 e. The van der Waals surface area contributed by atoms with Gasteiger partial charge < -0.3 is 5.11 Å². The molecule has 13 heteroatoms. The maximum atomic E-state index is 13.2. The van der Waals surface area contributed by atoms with Gasteiger partial charge in [-0.3, -0.25) is 9.69 Å². The third-order valence-electron chi connectivity index (χ3n) is 5.99. The van der Waals surface area contributed by atoms with Gasteiger partial charge in [0.2, 0.25) is 0 Å². The van der Waals surface area contributed by atoms with Crippen LogP contribution in [0.25, 0.3) is 17.2 Å². The van der Waals surface area contributed by atoms with Crippen LogP contribution in [-0.2, 0) is 23.6 Å². The number of carbonyl (C=O) groups is 2. The summed E-state index contributed by atoms with van der Waals surface area (Å²) in [6, 6.07) is 9.39. The van der Waals surface area contributed by atoms with Crippen molar-refractivity contribution < 1.29 is 41.0 Å². The topological polar surface area (TPSA) is 57.6 Å². The Morgan fingerprint density at radius 3 is 2.12 bits per heavy atom. The number of carboxylic acid groups (broad SMARTS) is 1. The summed E-state index contributed by atoms with van der Waals surface area (Å²) in [4.78, 5) is 26.1. The van der Waals surface area contributed by atoms with Crippen LogP contribution in [0.4, 0.5) is 26.3 Å². The third-order valence-corrected chi connectivity index (χ3v) is 8.24. The molecule has 0 saturated carbocycles. The molecular formula is C27H19F6NO3S3. The Labute approximate surface area is 238 Å². The summed E-state index contributed by atoms with van der Waals surface area (Å²) in [5.74, 6) is -1.33. The van der Waals surface area contributed by atoms with Gasteiger partial charge in [0.05, 0.1) is 21.6 Å². The summed E-state index contributed by atoms with van der Waals surface area (Å²) in [6.45, 7) is 0.370. The zero-order valence-electron chi connectivity index (χ0n) is 20.3. The predicted octanol–water partition coefficient (Wildman–Crippen LogP) is 8.38. The third kappa shape index (κ3) is 7.12. The molecule has 210 valence electrons. The van der Waals surface area contributed by atoms with E-state index in [4.69, 9.17) is 17.3 Å². The molecule has 1 saturated heterocycles. The number of benzene rings is 2. The minimum atomic E-state index is -4.95. The van der Waals surface area contributed by atoms with Crippen LogP contribution >= 0.6 is 35.3 Å². The molecule has 2 heterocycles. The monoisotopic (exact) mass is 615 g/mol. The van der Waals surface area contributed by atoms with Crippen LogP contribution in [0.1, 0.15) is 44.8 Å². The molecule has 4 rings (SSSR count). The Morgan fingerprint density at radius 2 is 1.55 bits per heavy atom. The summed E-state index contributed by atoms with van der Waals surface area (Å²) in [5.41, 5.74) is -1.70. The first-order valence-corrected chi connectivity index (χ1v) is 13.8. The van der Waals surface area contributed by atoms with Crippen molar-refractivity contribution in [2.45, 2.75) is 31.6 Å². The van der Waals surface area contributed by atoms with E-state index >= 15 is 0 Å². The first kappa shape index (κ1) is 29.8. The molecule has 1 aliphatic heterocycles. The largest absolute Gasteiger partial charge is 0.478 e. The number of rotatable bonds is 8. The standard InChI is InChI=1S/C27H19F6NO3S3/c28-26(29,30)19-9-17(10-20(12-19)27(31,32)33)18-11-21(39-14-18)13-22-23(35)34(25(38)40-22)8-2-1-3-15-4-6-16(7-5-15)24(36)37/h4-7,9-14H,1-3,8H2,(H,36,37). The highest BCUT2D eigenvalue weighted by Gasteiger charge is 2.37. The summed E-state index contributed by atoms with van der Waals surface area (Å²) >= 11 is 7.49. The quantitative estimate of drug-likeness (QED) is 0.119. The highest BCUT2D eigenvalue weighted by Crippen LogP contribution is 2.40. The van der Waals surface area contributed by atoms with Gasteiger partial charge in [0.25, 0.3) is 5.91 Å². The lowest BCUT2D eigenvalue weighted by Crippen LogP contribution is -2.29. The molecule has 3 aromatic rings. The summed E-state index contributed by atoms with van der Waals surface area (Å²) < 4.78 is 79.7. The van der Waals surface area contributed by atoms with E-state index in [1.165, 1.54) is 34.6 Å². The highest BCUT2D eigenvalue weighted by atomic mass is 32.2. The van der Waals surface area contributed by atoms with E-state index in [9.17, 15) is 35.9 Å². The Kier molecular flexibility index (Phi) is 8.76. The van der Waals surface area contributed by atoms with Crippen LogP contribution in [0.3, 0.4) is 0 Å². The molecule has 0 aliphatic carbocycles. The van der Waals surface area contributed by atoms with Gasteiger partial charge in [0.15, 0.2) is 0 Å². The Bertz CT molecular complexity index is 1440. The van der Waals surface area contributed by atoms with Gasteiger partial charge in [-0.05, 0) is 83.8 Å². The number of carbonyl (C=O) groups excluding carboxylic acids is 1. The van der Waals surface area contributed by atoms with Gasteiger partial charge in [-0.2, -0.15) is 26.3 Å². The number of thiophene rings is 1. The van der Waals surface area contributed by atoms with Crippen molar-refractivity contribution in [1.82, 2.24) is 4.90 Å². The second-order valence-corrected chi connectivity index (χ2v) is 11.4. The second-order valence-electron chi connectivity index (χ2n) is 8.82. The fourth-order valence-corrected chi connectivity index (χ4v) is 6.16. The molecule has 0 bridgehead atoms. The Morgan fingerprint density at radius 1 is 0.925 bits per heavy atom. The number of hydrogen-bond donors (Lipinski definition) is 1. The molecule has 0 unspecified atom stereocenters. The zero-order valence-corrected chi connectivity index (χ0v) is 22.8. The molecule has 1 N–H and O–H groups in total. The van der Waals surface area contributed by atoms with Crippen molar-refractivity contribution in [2.75, 3.05) is 6.54 Å². The molecule has 1 aliphatic rings. The van der Waals surface area contributed by atoms with Gasteiger partial charge in [-0.1, -0.05) is 36.1 Å². The number of aryl methyl sites for hydroxylation is 1. The lowest BCUT2D eigenvalue weighted by molar-refractivity contribution is -0.143. The predicted molar refractivity (Wildman–Crippen MR) is 146 cm³/mol. The van der Waals surface area contributed by atoms with Gasteiger partial charge in [-0.25, -0.2) is 4.79 Å². The van der Waals surface area contributed by atoms with E-state index in [-0.39, 0.29) is 28.7 Å². The normalized spacial score (nSPS) is 15.3. The number of thiocarbonyl (C=S) groups is 1. The van der Waals surface area contributed by atoms with Crippen LogP contribution in [0.2, 0.25) is 0 Å². The number of amides is 1. The molecule has 1 fully saturated rings. The van der Waals surface area contributed by atoms with Gasteiger partial charge in [0.1, 0.15) is 4.32 Å². The van der Waals surface area contributed by atoms with Crippen LogP contribution in [-0.4, -0.2) is 32.7 Å². The van der Waals surface area contributed by atoms with Crippen molar-refractivity contribution in [3.05, 3.63) is 85.9 Å². The molecule has 1 aromatic heterocycles. The number of carboxylic acids is 1. The van der Waals surface area contributed by atoms with Crippen LogP contribution in [0, 0.1) is 0 Å². The van der Waals surface area contributed by atoms with Gasteiger partial charge in [-0.15, -0.1) is 11.3 Å². The average molecular weight is 616 g/mol. The minimum Gasteiger partial charge on any atom is -0.478 e. The van der Waals surface area contributed by atoms with E-state index in [0.717, 1.165) is 35.1 Å². The number of nitrogens with zero attached hydrogens (tertiary/aromatic N) is 1. The van der Waals surface area contributed by atoms with Gasteiger partial charge >= 0.3 is 18.3 Å². The maximum Gasteiger partial charge on any atom is 0.416 e. The lowest BCUT2D eigenvalue weighted by Gasteiger charge is -2.14. The van der Waals surface area contributed by atoms with Crippen molar-refractivity contribution >= 4 is 57.6 Å². The molecule has 1 amide bonds. The van der Waals surface area contributed by atoms with Crippen LogP contribution in [0.15, 0.2) is 58.8 Å². The van der Waals surface area contributed by atoms with E-state index < -0.39 is 29.4 Å². The summed E-state index contributed by atoms with van der Waals surface area (Å²) in [6.07, 6.45) is -6.32. The maximum absolute atomic E-state index is 13.2. The number of alkyl halides is 6. The van der Waals surface area contributed by atoms with Crippen LogP contribution in [0.5, 0.6) is 0 Å². The Balaban J connectivity index is 1.42. The van der Waals surface area contributed by atoms with Crippen molar-refractivity contribution in [3.63, 3.8) is 0 Å². The number of aromatic carboxylic acids is 1. The van der Waals surface area contributed by atoms with E-state index in [1.807, 2.05) is 0 Å². The molecule has 40 heavy (non-hydrogen) atoms. The van der Waals surface area contributed by atoms with Crippen molar-refractivity contribution in [1.29, 1.82) is 0 Å². The molecular weight excluding hydrogens is 596 g/mol. The lowest BCUT2D eigenvalue weighted by atomic mass is 10.0. The zero-order chi connectivity index (χ0) is 29.2. The molecule has 0 atom stereocenters. The van der Waals surface area contributed by atoms with Crippen molar-refractivity contribution in [2.24, 2.45) is 0 Å². The van der Waals surface area contributed by atoms with Crippen molar-refractivity contribution in [3.8, 4) is 11.1 Å². The first-order chi connectivity index (χ1) is 18.7.